The van der Waals surface area contributed by atoms with Crippen molar-refractivity contribution in [3.8, 4) is 0 Å². The van der Waals surface area contributed by atoms with E-state index in [9.17, 15) is 4.79 Å². The summed E-state index contributed by atoms with van der Waals surface area (Å²) in [7, 11) is 0. The number of nitrogens with one attached hydrogen (secondary N) is 1. The zero-order valence-corrected chi connectivity index (χ0v) is 11.1. The monoisotopic (exact) mass is 251 g/mol. The molecule has 1 saturated heterocycles. The van der Waals surface area contributed by atoms with Gasteiger partial charge < -0.3 is 14.8 Å². The van der Waals surface area contributed by atoms with Gasteiger partial charge in [-0.1, -0.05) is 6.92 Å². The van der Waals surface area contributed by atoms with Crippen LogP contribution >= 0.6 is 0 Å². The third kappa shape index (κ3) is 3.00. The molecule has 1 aliphatic rings. The average molecular weight is 251 g/mol. The lowest BCUT2D eigenvalue weighted by molar-refractivity contribution is 0.169. The number of aromatic nitrogens is 3. The summed E-state index contributed by atoms with van der Waals surface area (Å²) in [6, 6.07) is 0.00667. The Balaban J connectivity index is 1.84. The fraction of sp³-hybridized carbons (Fsp3) is 0.750. The number of aryl methyl sites for hydroxylation is 1. The number of rotatable bonds is 3. The van der Waals surface area contributed by atoms with Gasteiger partial charge in [-0.05, 0) is 25.7 Å². The minimum absolute atomic E-state index is 0.00667. The van der Waals surface area contributed by atoms with Crippen LogP contribution < -0.4 is 5.32 Å². The van der Waals surface area contributed by atoms with E-state index in [1.807, 2.05) is 16.4 Å². The molecule has 6 nitrogen and oxygen atoms in total. The van der Waals surface area contributed by atoms with Gasteiger partial charge in [0.2, 0.25) is 0 Å². The lowest BCUT2D eigenvalue weighted by Crippen LogP contribution is -2.45. The van der Waals surface area contributed by atoms with E-state index in [4.69, 9.17) is 0 Å². The van der Waals surface area contributed by atoms with Crippen LogP contribution in [-0.2, 0) is 13.1 Å². The summed E-state index contributed by atoms with van der Waals surface area (Å²) in [6.07, 6.45) is 4.00. The Kier molecular flexibility index (Phi) is 4.17. The van der Waals surface area contributed by atoms with E-state index in [1.54, 1.807) is 6.33 Å². The van der Waals surface area contributed by atoms with Crippen molar-refractivity contribution in [3.63, 3.8) is 0 Å². The number of carbonyl (C=O) groups is 1. The second kappa shape index (κ2) is 5.84. The van der Waals surface area contributed by atoms with E-state index in [0.717, 1.165) is 31.9 Å². The molecule has 0 bridgehead atoms. The van der Waals surface area contributed by atoms with Gasteiger partial charge in [0.1, 0.15) is 6.33 Å². The largest absolute Gasteiger partial charge is 0.331 e. The van der Waals surface area contributed by atoms with Crippen molar-refractivity contribution < 1.29 is 4.79 Å². The summed E-state index contributed by atoms with van der Waals surface area (Å²) in [5.41, 5.74) is 0. The van der Waals surface area contributed by atoms with Gasteiger partial charge in [0, 0.05) is 19.6 Å². The van der Waals surface area contributed by atoms with Crippen molar-refractivity contribution in [1.29, 1.82) is 0 Å². The zero-order chi connectivity index (χ0) is 13.0. The molecule has 0 saturated carbocycles. The maximum Gasteiger partial charge on any atom is 0.317 e. The minimum Gasteiger partial charge on any atom is -0.331 e. The molecule has 1 N–H and O–H groups in total. The molecule has 2 rings (SSSR count). The van der Waals surface area contributed by atoms with E-state index < -0.39 is 0 Å². The lowest BCUT2D eigenvalue weighted by Gasteiger charge is -2.30. The van der Waals surface area contributed by atoms with Gasteiger partial charge >= 0.3 is 6.03 Å². The molecule has 100 valence electrons. The molecule has 1 aromatic rings. The number of urea groups is 1. The highest BCUT2D eigenvalue weighted by atomic mass is 16.2. The maximum absolute atomic E-state index is 12.0. The minimum atomic E-state index is 0.00667. The Morgan fingerprint density at radius 3 is 3.17 bits per heavy atom. The quantitative estimate of drug-likeness (QED) is 0.879. The molecule has 0 aromatic carbocycles. The third-order valence-electron chi connectivity index (χ3n) is 3.38. The second-order valence-corrected chi connectivity index (χ2v) is 4.89. The molecule has 0 aliphatic carbocycles. The third-order valence-corrected chi connectivity index (χ3v) is 3.38. The number of hydrogen-bond donors (Lipinski definition) is 1. The van der Waals surface area contributed by atoms with Crippen LogP contribution in [0, 0.1) is 5.92 Å². The molecule has 18 heavy (non-hydrogen) atoms. The van der Waals surface area contributed by atoms with E-state index in [0.29, 0.717) is 12.5 Å². The van der Waals surface area contributed by atoms with Crippen molar-refractivity contribution in [2.24, 2.45) is 5.92 Å². The Morgan fingerprint density at radius 1 is 1.61 bits per heavy atom. The van der Waals surface area contributed by atoms with Crippen LogP contribution in [0.5, 0.6) is 0 Å². The Hall–Kier alpha value is -1.59. The van der Waals surface area contributed by atoms with Gasteiger partial charge in [0.25, 0.3) is 0 Å². The van der Waals surface area contributed by atoms with Crippen LogP contribution in [0.1, 0.15) is 32.5 Å². The summed E-state index contributed by atoms with van der Waals surface area (Å²) in [4.78, 5) is 13.9. The second-order valence-electron chi connectivity index (χ2n) is 4.89. The highest BCUT2D eigenvalue weighted by molar-refractivity contribution is 5.74. The van der Waals surface area contributed by atoms with Crippen molar-refractivity contribution in [1.82, 2.24) is 25.0 Å². The molecule has 1 unspecified atom stereocenters. The Morgan fingerprint density at radius 2 is 2.44 bits per heavy atom. The van der Waals surface area contributed by atoms with Gasteiger partial charge in [-0.25, -0.2) is 4.79 Å². The lowest BCUT2D eigenvalue weighted by atomic mass is 10.0. The zero-order valence-electron chi connectivity index (χ0n) is 11.1. The molecule has 2 heterocycles. The maximum atomic E-state index is 12.0. The molecule has 1 fully saturated rings. The molecule has 2 amide bonds. The van der Waals surface area contributed by atoms with E-state index in [-0.39, 0.29) is 6.03 Å². The number of likely N-dealkylation sites (tertiary alicyclic amines) is 1. The first-order valence-corrected chi connectivity index (χ1v) is 6.60. The number of hydrogen-bond acceptors (Lipinski definition) is 3. The summed E-state index contributed by atoms with van der Waals surface area (Å²) < 4.78 is 1.93. The molecule has 1 atom stereocenters. The average Bonchev–Trinajstić information content (AvgIpc) is 2.83. The van der Waals surface area contributed by atoms with Crippen LogP contribution in [0.4, 0.5) is 4.79 Å². The number of nitrogens with zero attached hydrogens (tertiary/aromatic N) is 4. The van der Waals surface area contributed by atoms with Gasteiger partial charge in [-0.3, -0.25) is 0 Å². The fourth-order valence-corrected chi connectivity index (χ4v) is 2.32. The first-order chi connectivity index (χ1) is 8.70. The van der Waals surface area contributed by atoms with Gasteiger partial charge in [0.15, 0.2) is 5.82 Å². The standard InChI is InChI=1S/C12H21N5O/c1-3-16-9-14-15-11(16)7-13-12(18)17-6-4-5-10(2)8-17/h9-10H,3-8H2,1-2H3,(H,13,18). The number of piperidine rings is 1. The van der Waals surface area contributed by atoms with Crippen LogP contribution in [0.2, 0.25) is 0 Å². The molecular weight excluding hydrogens is 230 g/mol. The first kappa shape index (κ1) is 12.9. The van der Waals surface area contributed by atoms with Gasteiger partial charge in [0.05, 0.1) is 6.54 Å². The van der Waals surface area contributed by atoms with Crippen molar-refractivity contribution in [2.75, 3.05) is 13.1 Å². The van der Waals surface area contributed by atoms with Crippen LogP contribution in [-0.4, -0.2) is 38.8 Å². The number of amides is 2. The van der Waals surface area contributed by atoms with Crippen LogP contribution in [0.15, 0.2) is 6.33 Å². The van der Waals surface area contributed by atoms with E-state index in [2.05, 4.69) is 22.4 Å². The van der Waals surface area contributed by atoms with Crippen molar-refractivity contribution >= 4 is 6.03 Å². The molecule has 0 spiro atoms. The first-order valence-electron chi connectivity index (χ1n) is 6.60. The predicted octanol–water partition coefficient (Wildman–Crippen LogP) is 1.24. The Labute approximate surface area is 107 Å². The fourth-order valence-electron chi connectivity index (χ4n) is 2.32. The SMILES string of the molecule is CCn1cnnc1CNC(=O)N1CCCC(C)C1. The summed E-state index contributed by atoms with van der Waals surface area (Å²) >= 11 is 0. The highest BCUT2D eigenvalue weighted by Crippen LogP contribution is 2.15. The predicted molar refractivity (Wildman–Crippen MR) is 67.9 cm³/mol. The number of carbonyl (C=O) groups excluding carboxylic acids is 1. The molecular formula is C12H21N5O. The van der Waals surface area contributed by atoms with Gasteiger partial charge in [-0.2, -0.15) is 0 Å². The van der Waals surface area contributed by atoms with Crippen LogP contribution in [0.3, 0.4) is 0 Å². The summed E-state index contributed by atoms with van der Waals surface area (Å²) in [5.74, 6) is 1.40. The molecule has 1 aromatic heterocycles. The molecule has 1 aliphatic heterocycles. The van der Waals surface area contributed by atoms with E-state index >= 15 is 0 Å². The van der Waals surface area contributed by atoms with E-state index in [1.165, 1.54) is 6.42 Å². The van der Waals surface area contributed by atoms with Crippen molar-refractivity contribution in [2.45, 2.75) is 39.8 Å². The topological polar surface area (TPSA) is 63.1 Å². The summed E-state index contributed by atoms with van der Waals surface area (Å²) in [6.45, 7) is 7.19. The smallest absolute Gasteiger partial charge is 0.317 e. The normalized spacial score (nSPS) is 19.9. The summed E-state index contributed by atoms with van der Waals surface area (Å²) in [5, 5.41) is 10.8. The highest BCUT2D eigenvalue weighted by Gasteiger charge is 2.20. The molecule has 0 radical (unpaired) electrons. The Bertz CT molecular complexity index is 403. The van der Waals surface area contributed by atoms with Crippen LogP contribution in [0.25, 0.3) is 0 Å². The van der Waals surface area contributed by atoms with Crippen molar-refractivity contribution in [3.05, 3.63) is 12.2 Å². The van der Waals surface area contributed by atoms with Gasteiger partial charge in [-0.15, -0.1) is 10.2 Å². The molecule has 6 heteroatoms.